The second-order valence-corrected chi connectivity index (χ2v) is 8.32. The van der Waals surface area contributed by atoms with Gasteiger partial charge in [-0.05, 0) is 69.6 Å². The zero-order valence-corrected chi connectivity index (χ0v) is 18.0. The van der Waals surface area contributed by atoms with E-state index in [4.69, 9.17) is 0 Å². The van der Waals surface area contributed by atoms with E-state index in [1.54, 1.807) is 17.0 Å². The van der Waals surface area contributed by atoms with Crippen molar-refractivity contribution in [2.45, 2.75) is 64.7 Å². The number of hydrogen-bond donors (Lipinski definition) is 2. The average Bonchev–Trinajstić information content (AvgIpc) is 2.94. The van der Waals surface area contributed by atoms with E-state index in [0.29, 0.717) is 30.8 Å². The van der Waals surface area contributed by atoms with Gasteiger partial charge in [0.1, 0.15) is 0 Å². The molecular formula is C24H33N3O3. The lowest BCUT2D eigenvalue weighted by molar-refractivity contribution is -0.134. The summed E-state index contributed by atoms with van der Waals surface area (Å²) in [6, 6.07) is 5.33. The standard InChI is InChI=1S/C24H33N3O3/c1-18-11-12-20(24(30)25-14-13-19-8-4-2-5-9-19)16-21(18)26-22(28)17-27-15-7-3-6-10-23(27)29/h8,11-12,16H,2-7,9-10,13-15,17H2,1H3,(H,25,30)(H,26,28). The Labute approximate surface area is 179 Å². The van der Waals surface area contributed by atoms with Gasteiger partial charge in [0.15, 0.2) is 0 Å². The molecule has 0 aromatic heterocycles. The van der Waals surface area contributed by atoms with Gasteiger partial charge in [0.2, 0.25) is 11.8 Å². The van der Waals surface area contributed by atoms with Crippen LogP contribution in [-0.4, -0.2) is 42.3 Å². The number of carbonyl (C=O) groups is 3. The third-order valence-electron chi connectivity index (χ3n) is 5.90. The first kappa shape index (κ1) is 22.1. The maximum Gasteiger partial charge on any atom is 0.251 e. The van der Waals surface area contributed by atoms with E-state index >= 15 is 0 Å². The van der Waals surface area contributed by atoms with Crippen LogP contribution < -0.4 is 10.6 Å². The number of nitrogens with zero attached hydrogens (tertiary/aromatic N) is 1. The molecule has 6 heteroatoms. The Balaban J connectivity index is 1.54. The van der Waals surface area contributed by atoms with Gasteiger partial charge >= 0.3 is 0 Å². The van der Waals surface area contributed by atoms with Gasteiger partial charge in [-0.1, -0.05) is 24.1 Å². The van der Waals surface area contributed by atoms with Crippen molar-refractivity contribution >= 4 is 23.4 Å². The molecule has 6 nitrogen and oxygen atoms in total. The van der Waals surface area contributed by atoms with Crippen LogP contribution >= 0.6 is 0 Å². The van der Waals surface area contributed by atoms with Crippen molar-refractivity contribution in [3.63, 3.8) is 0 Å². The van der Waals surface area contributed by atoms with Crippen LogP contribution in [0, 0.1) is 6.92 Å². The van der Waals surface area contributed by atoms with Gasteiger partial charge < -0.3 is 15.5 Å². The zero-order valence-electron chi connectivity index (χ0n) is 18.0. The number of allylic oxidation sites excluding steroid dienone is 1. The maximum atomic E-state index is 12.5. The number of aryl methyl sites for hydroxylation is 1. The van der Waals surface area contributed by atoms with E-state index in [-0.39, 0.29) is 24.3 Å². The first-order valence-corrected chi connectivity index (χ1v) is 11.2. The van der Waals surface area contributed by atoms with E-state index < -0.39 is 0 Å². The number of carbonyl (C=O) groups excluding carboxylic acids is 3. The highest BCUT2D eigenvalue weighted by molar-refractivity contribution is 5.99. The molecule has 30 heavy (non-hydrogen) atoms. The molecule has 1 aliphatic heterocycles. The maximum absolute atomic E-state index is 12.5. The molecular weight excluding hydrogens is 378 g/mol. The number of hydrogen-bond acceptors (Lipinski definition) is 3. The quantitative estimate of drug-likeness (QED) is 0.667. The largest absolute Gasteiger partial charge is 0.352 e. The highest BCUT2D eigenvalue weighted by atomic mass is 16.2. The smallest absolute Gasteiger partial charge is 0.251 e. The van der Waals surface area contributed by atoms with Gasteiger partial charge in [-0.15, -0.1) is 0 Å². The minimum atomic E-state index is -0.227. The highest BCUT2D eigenvalue weighted by Gasteiger charge is 2.20. The van der Waals surface area contributed by atoms with Crippen LogP contribution in [0.3, 0.4) is 0 Å². The van der Waals surface area contributed by atoms with Gasteiger partial charge in [0.25, 0.3) is 5.91 Å². The van der Waals surface area contributed by atoms with E-state index in [2.05, 4.69) is 16.7 Å². The first-order chi connectivity index (χ1) is 14.5. The summed E-state index contributed by atoms with van der Waals surface area (Å²) in [4.78, 5) is 38.8. The van der Waals surface area contributed by atoms with Crippen molar-refractivity contribution in [1.82, 2.24) is 10.2 Å². The van der Waals surface area contributed by atoms with E-state index in [9.17, 15) is 14.4 Å². The predicted molar refractivity (Wildman–Crippen MR) is 118 cm³/mol. The van der Waals surface area contributed by atoms with Crippen molar-refractivity contribution in [3.8, 4) is 0 Å². The number of benzene rings is 1. The van der Waals surface area contributed by atoms with Crippen molar-refractivity contribution in [2.75, 3.05) is 25.0 Å². The summed E-state index contributed by atoms with van der Waals surface area (Å²) in [6.07, 6.45) is 11.3. The molecule has 1 aromatic carbocycles. The Morgan fingerprint density at radius 3 is 2.70 bits per heavy atom. The number of nitrogens with one attached hydrogen (secondary N) is 2. The summed E-state index contributed by atoms with van der Waals surface area (Å²) in [7, 11) is 0. The molecule has 1 fully saturated rings. The molecule has 1 aromatic rings. The molecule has 162 valence electrons. The molecule has 3 amide bonds. The minimum Gasteiger partial charge on any atom is -0.352 e. The molecule has 1 saturated heterocycles. The van der Waals surface area contributed by atoms with E-state index in [1.165, 1.54) is 18.4 Å². The normalized spacial score (nSPS) is 17.2. The lowest BCUT2D eigenvalue weighted by Crippen LogP contribution is -2.37. The molecule has 0 radical (unpaired) electrons. The topological polar surface area (TPSA) is 78.5 Å². The van der Waals surface area contributed by atoms with Crippen LogP contribution in [0.25, 0.3) is 0 Å². The Kier molecular flexibility index (Phi) is 8.05. The first-order valence-electron chi connectivity index (χ1n) is 11.2. The van der Waals surface area contributed by atoms with Crippen LogP contribution in [0.1, 0.15) is 73.7 Å². The molecule has 0 unspecified atom stereocenters. The lowest BCUT2D eigenvalue weighted by Gasteiger charge is -2.20. The van der Waals surface area contributed by atoms with Gasteiger partial charge in [0, 0.05) is 30.8 Å². The van der Waals surface area contributed by atoms with Crippen LogP contribution in [0.15, 0.2) is 29.8 Å². The van der Waals surface area contributed by atoms with Crippen LogP contribution in [0.2, 0.25) is 0 Å². The fourth-order valence-corrected chi connectivity index (χ4v) is 4.04. The van der Waals surface area contributed by atoms with E-state index in [1.807, 2.05) is 13.0 Å². The second kappa shape index (κ2) is 11.0. The van der Waals surface area contributed by atoms with Crippen molar-refractivity contribution in [2.24, 2.45) is 0 Å². The van der Waals surface area contributed by atoms with Crippen molar-refractivity contribution < 1.29 is 14.4 Å². The Morgan fingerprint density at radius 2 is 1.90 bits per heavy atom. The fraction of sp³-hybridized carbons (Fsp3) is 0.542. The van der Waals surface area contributed by atoms with Crippen LogP contribution in [-0.2, 0) is 9.59 Å². The van der Waals surface area contributed by atoms with Crippen LogP contribution in [0.5, 0.6) is 0 Å². The SMILES string of the molecule is Cc1ccc(C(=O)NCCC2=CCCCC2)cc1NC(=O)CN1CCCCCC1=O. The Bertz CT molecular complexity index is 816. The summed E-state index contributed by atoms with van der Waals surface area (Å²) in [5.41, 5.74) is 3.46. The molecule has 1 heterocycles. The minimum absolute atomic E-state index is 0.0422. The Morgan fingerprint density at radius 1 is 1.07 bits per heavy atom. The lowest BCUT2D eigenvalue weighted by atomic mass is 9.97. The third-order valence-corrected chi connectivity index (χ3v) is 5.90. The fourth-order valence-electron chi connectivity index (χ4n) is 4.04. The third kappa shape index (κ3) is 6.44. The number of anilines is 1. The van der Waals surface area contributed by atoms with Gasteiger partial charge in [-0.25, -0.2) is 0 Å². The highest BCUT2D eigenvalue weighted by Crippen LogP contribution is 2.20. The molecule has 0 spiro atoms. The molecule has 0 bridgehead atoms. The molecule has 3 rings (SSSR count). The van der Waals surface area contributed by atoms with Gasteiger partial charge in [0.05, 0.1) is 6.54 Å². The van der Waals surface area contributed by atoms with Gasteiger partial charge in [-0.2, -0.15) is 0 Å². The molecule has 0 saturated carbocycles. The van der Waals surface area contributed by atoms with Crippen LogP contribution in [0.4, 0.5) is 5.69 Å². The zero-order chi connectivity index (χ0) is 21.3. The predicted octanol–water partition coefficient (Wildman–Crippen LogP) is 3.96. The number of likely N-dealkylation sites (tertiary alicyclic amines) is 1. The van der Waals surface area contributed by atoms with E-state index in [0.717, 1.165) is 44.1 Å². The molecule has 1 aliphatic carbocycles. The summed E-state index contributed by atoms with van der Waals surface area (Å²) in [5.74, 6) is -0.319. The summed E-state index contributed by atoms with van der Waals surface area (Å²) < 4.78 is 0. The average molecular weight is 412 g/mol. The van der Waals surface area contributed by atoms with Crippen molar-refractivity contribution in [1.29, 1.82) is 0 Å². The molecule has 2 aliphatic rings. The summed E-state index contributed by atoms with van der Waals surface area (Å²) in [5, 5.41) is 5.86. The number of amides is 3. The summed E-state index contributed by atoms with van der Waals surface area (Å²) >= 11 is 0. The molecule has 2 N–H and O–H groups in total. The van der Waals surface area contributed by atoms with Crippen molar-refractivity contribution in [3.05, 3.63) is 41.0 Å². The Hall–Kier alpha value is -2.63. The summed E-state index contributed by atoms with van der Waals surface area (Å²) in [6.45, 7) is 3.20. The monoisotopic (exact) mass is 411 g/mol. The second-order valence-electron chi connectivity index (χ2n) is 8.32. The van der Waals surface area contributed by atoms with Gasteiger partial charge in [-0.3, -0.25) is 14.4 Å². The number of rotatable bonds is 7. The molecule has 0 atom stereocenters.